The minimum atomic E-state index is 0.190. The van der Waals surface area contributed by atoms with Gasteiger partial charge in [0.05, 0.1) is 10.9 Å². The van der Waals surface area contributed by atoms with E-state index in [-0.39, 0.29) is 12.1 Å². The number of hydrogen-bond donors (Lipinski definition) is 2. The summed E-state index contributed by atoms with van der Waals surface area (Å²) in [6.07, 6.45) is 7.07. The Balaban J connectivity index is 1.75. The van der Waals surface area contributed by atoms with Crippen molar-refractivity contribution in [2.75, 3.05) is 11.5 Å². The van der Waals surface area contributed by atoms with E-state index in [1.807, 2.05) is 18.2 Å². The molecule has 0 radical (unpaired) electrons. The first-order valence-corrected chi connectivity index (χ1v) is 6.87. The highest BCUT2D eigenvalue weighted by molar-refractivity contribution is 5.94. The highest BCUT2D eigenvalue weighted by Crippen LogP contribution is 2.42. The van der Waals surface area contributed by atoms with Crippen molar-refractivity contribution < 1.29 is 4.74 Å². The number of ether oxygens (including phenoxy) is 1. The van der Waals surface area contributed by atoms with Crippen LogP contribution < -0.4 is 16.2 Å². The Morgan fingerprint density at radius 2 is 2.00 bits per heavy atom. The van der Waals surface area contributed by atoms with E-state index >= 15 is 0 Å². The number of hydrogen-bond acceptors (Lipinski definition) is 5. The Morgan fingerprint density at radius 1 is 1.10 bits per heavy atom. The number of allylic oxidation sites excluding steroid dienone is 1. The second-order valence-electron chi connectivity index (χ2n) is 5.55. The van der Waals surface area contributed by atoms with E-state index in [1.54, 1.807) is 0 Å². The van der Waals surface area contributed by atoms with Gasteiger partial charge in [-0.3, -0.25) is 0 Å². The van der Waals surface area contributed by atoms with Crippen molar-refractivity contribution in [3.63, 3.8) is 0 Å². The second kappa shape index (κ2) is 4.10. The Hall–Kier alpha value is -2.30. The molecule has 1 saturated carbocycles. The lowest BCUT2D eigenvalue weighted by Gasteiger charge is -2.21. The fourth-order valence-corrected chi connectivity index (χ4v) is 3.32. The molecule has 2 aliphatic carbocycles. The first-order valence-electron chi connectivity index (χ1n) is 6.87. The molecule has 0 spiro atoms. The maximum Gasteiger partial charge on any atom is 0.222 e. The predicted octanol–water partition coefficient (Wildman–Crippen LogP) is 2.14. The fraction of sp³-hybridized carbons (Fsp3) is 0.333. The third kappa shape index (κ3) is 1.70. The van der Waals surface area contributed by atoms with Gasteiger partial charge in [0.1, 0.15) is 17.7 Å². The molecule has 0 aliphatic heterocycles. The van der Waals surface area contributed by atoms with E-state index in [0.717, 1.165) is 23.1 Å². The molecular weight excluding hydrogens is 252 g/mol. The van der Waals surface area contributed by atoms with E-state index in [2.05, 4.69) is 22.1 Å². The molecule has 0 amide bonds. The predicted molar refractivity (Wildman–Crippen MR) is 78.1 cm³/mol. The van der Waals surface area contributed by atoms with Crippen LogP contribution in [0.3, 0.4) is 0 Å². The molecule has 102 valence electrons. The molecule has 3 atom stereocenters. The van der Waals surface area contributed by atoms with E-state index < -0.39 is 0 Å². The summed E-state index contributed by atoms with van der Waals surface area (Å²) in [5.74, 6) is 2.51. The SMILES string of the molecule is Nc1nc(N)c2c(OC3CC4C=CC3C4)cccc2n1. The maximum atomic E-state index is 6.19. The van der Waals surface area contributed by atoms with E-state index in [4.69, 9.17) is 16.2 Å². The normalized spacial score (nSPS) is 27.3. The van der Waals surface area contributed by atoms with Gasteiger partial charge in [-0.25, -0.2) is 4.98 Å². The lowest BCUT2D eigenvalue weighted by molar-refractivity contribution is 0.177. The molecule has 1 aromatic carbocycles. The van der Waals surface area contributed by atoms with Crippen LogP contribution in [0.25, 0.3) is 10.9 Å². The van der Waals surface area contributed by atoms with Crippen LogP contribution in [0, 0.1) is 11.8 Å². The molecule has 2 aliphatic rings. The molecule has 2 bridgehead atoms. The number of benzene rings is 1. The maximum absolute atomic E-state index is 6.19. The average molecular weight is 268 g/mol. The molecule has 0 saturated heterocycles. The number of rotatable bonds is 2. The van der Waals surface area contributed by atoms with E-state index in [0.29, 0.717) is 17.7 Å². The van der Waals surface area contributed by atoms with Crippen molar-refractivity contribution in [3.05, 3.63) is 30.4 Å². The summed E-state index contributed by atoms with van der Waals surface area (Å²) in [5, 5.41) is 0.758. The zero-order chi connectivity index (χ0) is 13.7. The summed E-state index contributed by atoms with van der Waals surface area (Å²) in [5.41, 5.74) is 12.3. The zero-order valence-corrected chi connectivity index (χ0v) is 11.0. The third-order valence-corrected chi connectivity index (χ3v) is 4.23. The van der Waals surface area contributed by atoms with Crippen molar-refractivity contribution in [1.82, 2.24) is 9.97 Å². The van der Waals surface area contributed by atoms with Crippen molar-refractivity contribution in [3.8, 4) is 5.75 Å². The van der Waals surface area contributed by atoms with Crippen LogP contribution >= 0.6 is 0 Å². The van der Waals surface area contributed by atoms with E-state index in [9.17, 15) is 0 Å². The highest BCUT2D eigenvalue weighted by atomic mass is 16.5. The van der Waals surface area contributed by atoms with Gasteiger partial charge in [0, 0.05) is 5.92 Å². The van der Waals surface area contributed by atoms with Crippen molar-refractivity contribution in [2.45, 2.75) is 18.9 Å². The van der Waals surface area contributed by atoms with Gasteiger partial charge in [0.25, 0.3) is 0 Å². The number of aromatic nitrogens is 2. The van der Waals surface area contributed by atoms with Gasteiger partial charge < -0.3 is 16.2 Å². The summed E-state index contributed by atoms with van der Waals surface area (Å²) in [4.78, 5) is 8.25. The Kier molecular flexibility index (Phi) is 2.36. The standard InChI is InChI=1S/C15H16N4O/c16-14-13-10(18-15(17)19-14)2-1-3-11(13)20-12-7-8-4-5-9(12)6-8/h1-5,8-9,12H,6-7H2,(H4,16,17,18,19). The molecule has 1 aromatic heterocycles. The van der Waals surface area contributed by atoms with Gasteiger partial charge in [-0.05, 0) is 30.9 Å². The number of nitrogens with zero attached hydrogens (tertiary/aromatic N) is 2. The monoisotopic (exact) mass is 268 g/mol. The molecule has 5 nitrogen and oxygen atoms in total. The van der Waals surface area contributed by atoms with Crippen LogP contribution in [0.5, 0.6) is 5.75 Å². The van der Waals surface area contributed by atoms with Crippen molar-refractivity contribution >= 4 is 22.7 Å². The van der Waals surface area contributed by atoms with Crippen LogP contribution in [0.2, 0.25) is 0 Å². The highest BCUT2D eigenvalue weighted by Gasteiger charge is 2.37. The molecule has 5 heteroatoms. The van der Waals surface area contributed by atoms with Gasteiger partial charge in [-0.2, -0.15) is 4.98 Å². The largest absolute Gasteiger partial charge is 0.489 e. The lowest BCUT2D eigenvalue weighted by Crippen LogP contribution is -2.21. The third-order valence-electron chi connectivity index (χ3n) is 4.23. The van der Waals surface area contributed by atoms with Gasteiger partial charge in [-0.1, -0.05) is 18.2 Å². The number of anilines is 2. The van der Waals surface area contributed by atoms with Crippen LogP contribution in [-0.4, -0.2) is 16.1 Å². The van der Waals surface area contributed by atoms with Crippen molar-refractivity contribution in [1.29, 1.82) is 0 Å². The molecular formula is C15H16N4O. The molecule has 1 fully saturated rings. The quantitative estimate of drug-likeness (QED) is 0.815. The summed E-state index contributed by atoms with van der Waals surface area (Å²) in [7, 11) is 0. The molecule has 20 heavy (non-hydrogen) atoms. The fourth-order valence-electron chi connectivity index (χ4n) is 3.32. The van der Waals surface area contributed by atoms with Gasteiger partial charge >= 0.3 is 0 Å². The van der Waals surface area contributed by atoms with Crippen LogP contribution in [0.1, 0.15) is 12.8 Å². The Labute approximate surface area is 116 Å². The summed E-state index contributed by atoms with van der Waals surface area (Å²) < 4.78 is 6.19. The zero-order valence-electron chi connectivity index (χ0n) is 11.0. The topological polar surface area (TPSA) is 87.0 Å². The number of nitrogen functional groups attached to an aromatic ring is 2. The van der Waals surface area contributed by atoms with Crippen molar-refractivity contribution in [2.24, 2.45) is 11.8 Å². The summed E-state index contributed by atoms with van der Waals surface area (Å²) in [6, 6.07) is 5.71. The summed E-state index contributed by atoms with van der Waals surface area (Å²) >= 11 is 0. The first-order chi connectivity index (χ1) is 9.70. The van der Waals surface area contributed by atoms with Crippen LogP contribution in [-0.2, 0) is 0 Å². The molecule has 4 rings (SSSR count). The number of fused-ring (bicyclic) bond motifs is 3. The summed E-state index contributed by atoms with van der Waals surface area (Å²) in [6.45, 7) is 0. The molecule has 4 N–H and O–H groups in total. The minimum absolute atomic E-state index is 0.190. The van der Waals surface area contributed by atoms with Gasteiger partial charge in [0.2, 0.25) is 5.95 Å². The average Bonchev–Trinajstić information content (AvgIpc) is 3.00. The van der Waals surface area contributed by atoms with E-state index in [1.165, 1.54) is 6.42 Å². The van der Waals surface area contributed by atoms with Crippen LogP contribution in [0.15, 0.2) is 30.4 Å². The van der Waals surface area contributed by atoms with Crippen LogP contribution in [0.4, 0.5) is 11.8 Å². The Morgan fingerprint density at radius 3 is 2.75 bits per heavy atom. The molecule has 2 aromatic rings. The minimum Gasteiger partial charge on any atom is -0.489 e. The smallest absolute Gasteiger partial charge is 0.222 e. The molecule has 1 heterocycles. The van der Waals surface area contributed by atoms with Gasteiger partial charge in [-0.15, -0.1) is 0 Å². The Bertz CT molecular complexity index is 712. The first kappa shape index (κ1) is 11.5. The second-order valence-corrected chi connectivity index (χ2v) is 5.55. The number of nitrogens with two attached hydrogens (primary N) is 2. The molecule has 3 unspecified atom stereocenters. The lowest BCUT2D eigenvalue weighted by atomic mass is 10.0. The van der Waals surface area contributed by atoms with Gasteiger partial charge in [0.15, 0.2) is 0 Å².